The number of carbonyl (C=O) groups excluding carboxylic acids is 1. The minimum atomic E-state index is -3.36. The van der Waals surface area contributed by atoms with Crippen LogP contribution in [0.15, 0.2) is 0 Å². The number of rotatable bonds is 7. The zero-order valence-electron chi connectivity index (χ0n) is 10.6. The number of carbonyl (C=O) groups is 2. The summed E-state index contributed by atoms with van der Waals surface area (Å²) in [7, 11) is -3.36. The zero-order valence-corrected chi connectivity index (χ0v) is 11.4. The van der Waals surface area contributed by atoms with Gasteiger partial charge in [0, 0.05) is 18.6 Å². The average molecular weight is 281 g/mol. The Balaban J connectivity index is 4.00. The fourth-order valence-corrected chi connectivity index (χ4v) is 2.26. The van der Waals surface area contributed by atoms with Crippen LogP contribution < -0.4 is 15.4 Å². The zero-order chi connectivity index (χ0) is 14.4. The maximum absolute atomic E-state index is 11.2. The van der Waals surface area contributed by atoms with Crippen molar-refractivity contribution in [1.82, 2.24) is 15.4 Å². The highest BCUT2D eigenvalue weighted by Crippen LogP contribution is 2.01. The fourth-order valence-electron chi connectivity index (χ4n) is 1.18. The highest BCUT2D eigenvalue weighted by atomic mass is 32.2. The molecule has 0 aliphatic rings. The van der Waals surface area contributed by atoms with Crippen LogP contribution in [0.2, 0.25) is 0 Å². The van der Waals surface area contributed by atoms with Gasteiger partial charge in [-0.3, -0.25) is 4.79 Å². The lowest BCUT2D eigenvalue weighted by atomic mass is 10.1. The van der Waals surface area contributed by atoms with Gasteiger partial charge in [-0.15, -0.1) is 0 Å². The molecule has 9 heteroatoms. The van der Waals surface area contributed by atoms with Crippen molar-refractivity contribution >= 4 is 22.0 Å². The smallest absolute Gasteiger partial charge is 0.314 e. The van der Waals surface area contributed by atoms with E-state index in [1.165, 1.54) is 0 Å². The molecule has 0 spiro atoms. The molecular formula is C9H19N3O5S. The van der Waals surface area contributed by atoms with Gasteiger partial charge in [-0.05, 0) is 13.8 Å². The third kappa shape index (κ3) is 9.85. The van der Waals surface area contributed by atoms with Gasteiger partial charge in [-0.2, -0.15) is 0 Å². The summed E-state index contributed by atoms with van der Waals surface area (Å²) in [6.07, 6.45) is 0.861. The quantitative estimate of drug-likeness (QED) is 0.481. The van der Waals surface area contributed by atoms with E-state index in [9.17, 15) is 18.0 Å². The van der Waals surface area contributed by atoms with Crippen molar-refractivity contribution in [2.45, 2.75) is 25.8 Å². The van der Waals surface area contributed by atoms with Crippen molar-refractivity contribution in [3.63, 3.8) is 0 Å². The third-order valence-electron chi connectivity index (χ3n) is 1.78. The summed E-state index contributed by atoms with van der Waals surface area (Å²) < 4.78 is 24.4. The van der Waals surface area contributed by atoms with E-state index in [1.54, 1.807) is 13.8 Å². The normalized spacial score (nSPS) is 11.9. The molecule has 0 heterocycles. The average Bonchev–Trinajstić information content (AvgIpc) is 2.10. The molecule has 8 nitrogen and oxygen atoms in total. The molecule has 0 bridgehead atoms. The van der Waals surface area contributed by atoms with Crippen LogP contribution >= 0.6 is 0 Å². The van der Waals surface area contributed by atoms with Gasteiger partial charge in [0.1, 0.15) is 0 Å². The van der Waals surface area contributed by atoms with E-state index in [0.29, 0.717) is 0 Å². The second kappa shape index (κ2) is 6.55. The van der Waals surface area contributed by atoms with Crippen molar-refractivity contribution in [2.75, 3.05) is 19.3 Å². The molecule has 4 N–H and O–H groups in total. The van der Waals surface area contributed by atoms with E-state index in [2.05, 4.69) is 15.4 Å². The minimum absolute atomic E-state index is 0.0150. The first-order chi connectivity index (χ1) is 8.02. The highest BCUT2D eigenvalue weighted by molar-refractivity contribution is 7.88. The second-order valence-corrected chi connectivity index (χ2v) is 6.26. The molecule has 0 unspecified atom stereocenters. The lowest BCUT2D eigenvalue weighted by Gasteiger charge is -2.25. The Morgan fingerprint density at radius 1 is 1.22 bits per heavy atom. The summed E-state index contributed by atoms with van der Waals surface area (Å²) in [5.41, 5.74) is -0.822. The van der Waals surface area contributed by atoms with Gasteiger partial charge in [-0.1, -0.05) is 0 Å². The largest absolute Gasteiger partial charge is 0.481 e. The molecule has 106 valence electrons. The number of nitrogens with one attached hydrogen (secondary N) is 3. The molecule has 18 heavy (non-hydrogen) atoms. The highest BCUT2D eigenvalue weighted by Gasteiger charge is 2.22. The SMILES string of the molecule is CC(C)(CNC(=O)NCCC(=O)O)NS(C)(=O)=O. The Morgan fingerprint density at radius 3 is 2.22 bits per heavy atom. The summed E-state index contributed by atoms with van der Waals surface area (Å²) in [6, 6.07) is -0.542. The van der Waals surface area contributed by atoms with Gasteiger partial charge >= 0.3 is 12.0 Å². The van der Waals surface area contributed by atoms with Crippen LogP contribution in [0.1, 0.15) is 20.3 Å². The maximum atomic E-state index is 11.2. The van der Waals surface area contributed by atoms with Crippen LogP contribution in [0.5, 0.6) is 0 Å². The van der Waals surface area contributed by atoms with Gasteiger partial charge in [0.25, 0.3) is 0 Å². The summed E-state index contributed by atoms with van der Waals surface area (Å²) in [4.78, 5) is 21.5. The third-order valence-corrected chi connectivity index (χ3v) is 2.70. The van der Waals surface area contributed by atoms with E-state index < -0.39 is 27.6 Å². The van der Waals surface area contributed by atoms with E-state index in [4.69, 9.17) is 5.11 Å². The van der Waals surface area contributed by atoms with Gasteiger partial charge in [0.15, 0.2) is 0 Å². The van der Waals surface area contributed by atoms with Crippen LogP contribution in [-0.2, 0) is 14.8 Å². The molecule has 0 rings (SSSR count). The molecule has 0 aromatic rings. The Labute approximate surface area is 106 Å². The van der Waals surface area contributed by atoms with Crippen LogP contribution in [0.3, 0.4) is 0 Å². The minimum Gasteiger partial charge on any atom is -0.481 e. The molecule has 2 amide bonds. The molecule has 0 saturated heterocycles. The van der Waals surface area contributed by atoms with Crippen molar-refractivity contribution in [3.8, 4) is 0 Å². The van der Waals surface area contributed by atoms with E-state index in [1.807, 2.05) is 0 Å². The first kappa shape index (κ1) is 16.6. The fraction of sp³-hybridized carbons (Fsp3) is 0.778. The summed E-state index contributed by atoms with van der Waals surface area (Å²) in [6.45, 7) is 3.33. The molecule has 0 aliphatic carbocycles. The Kier molecular flexibility index (Phi) is 6.06. The van der Waals surface area contributed by atoms with Crippen molar-refractivity contribution in [1.29, 1.82) is 0 Å². The lowest BCUT2D eigenvalue weighted by molar-refractivity contribution is -0.136. The number of urea groups is 1. The molecule has 0 aromatic carbocycles. The van der Waals surface area contributed by atoms with Gasteiger partial charge in [0.05, 0.1) is 12.7 Å². The summed E-state index contributed by atoms with van der Waals surface area (Å²) in [5, 5.41) is 13.2. The number of amides is 2. The number of sulfonamides is 1. The van der Waals surface area contributed by atoms with Crippen molar-refractivity contribution < 1.29 is 23.1 Å². The number of hydrogen-bond acceptors (Lipinski definition) is 4. The Morgan fingerprint density at radius 2 is 1.78 bits per heavy atom. The molecule has 0 fully saturated rings. The van der Waals surface area contributed by atoms with Gasteiger partial charge in [0.2, 0.25) is 10.0 Å². The number of carboxylic acid groups (broad SMARTS) is 1. The van der Waals surface area contributed by atoms with E-state index in [-0.39, 0.29) is 19.5 Å². The monoisotopic (exact) mass is 281 g/mol. The summed E-state index contributed by atoms with van der Waals surface area (Å²) >= 11 is 0. The van der Waals surface area contributed by atoms with Gasteiger partial charge in [-0.25, -0.2) is 17.9 Å². The lowest BCUT2D eigenvalue weighted by Crippen LogP contribution is -2.52. The Hall–Kier alpha value is -1.35. The van der Waals surface area contributed by atoms with Crippen molar-refractivity contribution in [3.05, 3.63) is 0 Å². The molecule has 0 aromatic heterocycles. The number of aliphatic carboxylic acids is 1. The van der Waals surface area contributed by atoms with Crippen LogP contribution in [0.25, 0.3) is 0 Å². The van der Waals surface area contributed by atoms with E-state index >= 15 is 0 Å². The summed E-state index contributed by atoms with van der Waals surface area (Å²) in [5.74, 6) is -1.01. The molecule has 0 atom stereocenters. The second-order valence-electron chi connectivity index (χ2n) is 4.51. The molecular weight excluding hydrogens is 262 g/mol. The van der Waals surface area contributed by atoms with Crippen LogP contribution in [-0.4, -0.2) is 50.4 Å². The first-order valence-electron chi connectivity index (χ1n) is 5.24. The molecule has 0 saturated carbocycles. The number of hydrogen-bond donors (Lipinski definition) is 4. The number of carboxylic acids is 1. The Bertz CT molecular complexity index is 404. The standard InChI is InChI=1S/C9H19N3O5S/c1-9(2,12-18(3,16)17)6-11-8(15)10-5-4-7(13)14/h12H,4-6H2,1-3H3,(H,13,14)(H2,10,11,15). The molecule has 0 radical (unpaired) electrons. The predicted octanol–water partition coefficient (Wildman–Crippen LogP) is -0.912. The van der Waals surface area contributed by atoms with Gasteiger partial charge < -0.3 is 15.7 Å². The van der Waals surface area contributed by atoms with E-state index in [0.717, 1.165) is 6.26 Å². The van der Waals surface area contributed by atoms with Crippen LogP contribution in [0, 0.1) is 0 Å². The molecule has 0 aliphatic heterocycles. The maximum Gasteiger partial charge on any atom is 0.314 e. The predicted molar refractivity (Wildman–Crippen MR) is 65.7 cm³/mol. The first-order valence-corrected chi connectivity index (χ1v) is 7.13. The topological polar surface area (TPSA) is 125 Å². The van der Waals surface area contributed by atoms with Crippen molar-refractivity contribution in [2.24, 2.45) is 0 Å². The van der Waals surface area contributed by atoms with Crippen LogP contribution in [0.4, 0.5) is 4.79 Å².